The highest BCUT2D eigenvalue weighted by atomic mass is 35.5. The zero-order chi connectivity index (χ0) is 19.0. The smallest absolute Gasteiger partial charge is 0.234 e. The lowest BCUT2D eigenvalue weighted by molar-refractivity contribution is -0.113. The number of hydrogen-bond acceptors (Lipinski definition) is 5. The molecule has 0 unspecified atom stereocenters. The van der Waals surface area contributed by atoms with E-state index in [-0.39, 0.29) is 5.91 Å². The van der Waals surface area contributed by atoms with Crippen molar-refractivity contribution in [2.75, 3.05) is 11.1 Å². The van der Waals surface area contributed by atoms with E-state index in [0.29, 0.717) is 10.8 Å². The second-order valence-electron chi connectivity index (χ2n) is 6.96. The Kier molecular flexibility index (Phi) is 5.39. The number of aromatic nitrogens is 2. The van der Waals surface area contributed by atoms with Gasteiger partial charge in [0, 0.05) is 21.0 Å². The number of amides is 1. The maximum absolute atomic E-state index is 12.4. The summed E-state index contributed by atoms with van der Waals surface area (Å²) < 4.78 is 0. The molecule has 27 heavy (non-hydrogen) atoms. The number of thioether (sulfide) groups is 1. The number of fused-ring (bicyclic) bond motifs is 3. The van der Waals surface area contributed by atoms with Gasteiger partial charge in [-0.3, -0.25) is 4.79 Å². The molecule has 2 aromatic heterocycles. The molecule has 140 valence electrons. The number of benzene rings is 1. The van der Waals surface area contributed by atoms with Crippen LogP contribution in [0.5, 0.6) is 0 Å². The van der Waals surface area contributed by atoms with Crippen LogP contribution in [0.3, 0.4) is 0 Å². The standard InChI is InChI=1S/C20H20ClN3OS2/c1-11-6-7-13-16(8-11)27-20-18(13)19(22-10-23-20)26-9-17(25)24-15-5-3-4-14(21)12(15)2/h3-5,10-11H,6-9H2,1-2H3,(H,24,25)/t11-/m0/s1. The Morgan fingerprint density at radius 1 is 1.41 bits per heavy atom. The Morgan fingerprint density at radius 2 is 2.26 bits per heavy atom. The lowest BCUT2D eigenvalue weighted by Crippen LogP contribution is -2.15. The summed E-state index contributed by atoms with van der Waals surface area (Å²) in [7, 11) is 0. The second kappa shape index (κ2) is 7.78. The molecule has 1 atom stereocenters. The maximum atomic E-state index is 12.4. The van der Waals surface area contributed by atoms with E-state index in [4.69, 9.17) is 11.6 Å². The van der Waals surface area contributed by atoms with Gasteiger partial charge in [0.1, 0.15) is 16.2 Å². The number of halogens is 1. The molecule has 0 radical (unpaired) electrons. The van der Waals surface area contributed by atoms with Gasteiger partial charge in [-0.25, -0.2) is 9.97 Å². The van der Waals surface area contributed by atoms with Crippen LogP contribution in [0, 0.1) is 12.8 Å². The fraction of sp³-hybridized carbons (Fsp3) is 0.350. The Labute approximate surface area is 171 Å². The van der Waals surface area contributed by atoms with E-state index in [1.165, 1.54) is 28.6 Å². The first-order valence-electron chi connectivity index (χ1n) is 8.96. The molecule has 1 amide bonds. The van der Waals surface area contributed by atoms with Gasteiger partial charge in [-0.1, -0.05) is 36.4 Å². The average Bonchev–Trinajstić information content (AvgIpc) is 3.01. The highest BCUT2D eigenvalue weighted by Crippen LogP contribution is 2.40. The lowest BCUT2D eigenvalue weighted by atomic mass is 9.89. The van der Waals surface area contributed by atoms with E-state index in [1.807, 2.05) is 25.1 Å². The first kappa shape index (κ1) is 18.7. The molecule has 1 N–H and O–H groups in total. The Morgan fingerprint density at radius 3 is 3.11 bits per heavy atom. The predicted octanol–water partition coefficient (Wildman–Crippen LogP) is 5.51. The Hall–Kier alpha value is -1.63. The van der Waals surface area contributed by atoms with Crippen molar-refractivity contribution in [1.82, 2.24) is 9.97 Å². The average molecular weight is 418 g/mol. The molecule has 0 bridgehead atoms. The van der Waals surface area contributed by atoms with Crippen LogP contribution < -0.4 is 5.32 Å². The third-order valence-electron chi connectivity index (χ3n) is 4.94. The third kappa shape index (κ3) is 3.84. The molecule has 1 aromatic carbocycles. The third-order valence-corrected chi connectivity index (χ3v) is 7.50. The minimum absolute atomic E-state index is 0.0603. The van der Waals surface area contributed by atoms with Crippen LogP contribution in [0.25, 0.3) is 10.2 Å². The number of nitrogens with zero attached hydrogens (tertiary/aromatic N) is 2. The predicted molar refractivity (Wildman–Crippen MR) is 114 cm³/mol. The van der Waals surface area contributed by atoms with E-state index in [9.17, 15) is 4.79 Å². The Bertz CT molecular complexity index is 1020. The summed E-state index contributed by atoms with van der Waals surface area (Å²) in [6.07, 6.45) is 5.00. The summed E-state index contributed by atoms with van der Waals surface area (Å²) in [5.74, 6) is 0.968. The first-order chi connectivity index (χ1) is 13.0. The van der Waals surface area contributed by atoms with Gasteiger partial charge in [0.2, 0.25) is 5.91 Å². The number of carbonyl (C=O) groups is 1. The van der Waals surface area contributed by atoms with Crippen molar-refractivity contribution in [2.45, 2.75) is 38.1 Å². The molecular weight excluding hydrogens is 398 g/mol. The SMILES string of the molecule is Cc1c(Cl)cccc1NC(=O)CSc1ncnc2sc3c(c12)CC[C@H](C)C3. The van der Waals surface area contributed by atoms with E-state index < -0.39 is 0 Å². The van der Waals surface area contributed by atoms with Gasteiger partial charge in [0.25, 0.3) is 0 Å². The van der Waals surface area contributed by atoms with Crippen molar-refractivity contribution in [1.29, 1.82) is 0 Å². The van der Waals surface area contributed by atoms with Crippen molar-refractivity contribution in [3.8, 4) is 0 Å². The highest BCUT2D eigenvalue weighted by molar-refractivity contribution is 8.00. The molecule has 4 rings (SSSR count). The number of anilines is 1. The van der Waals surface area contributed by atoms with Gasteiger partial charge in [0.05, 0.1) is 5.75 Å². The van der Waals surface area contributed by atoms with E-state index >= 15 is 0 Å². The molecule has 0 fully saturated rings. The van der Waals surface area contributed by atoms with Crippen LogP contribution in [-0.4, -0.2) is 21.6 Å². The van der Waals surface area contributed by atoms with Gasteiger partial charge in [0.15, 0.2) is 0 Å². The summed E-state index contributed by atoms with van der Waals surface area (Å²) in [6.45, 7) is 4.20. The van der Waals surface area contributed by atoms with E-state index in [0.717, 1.165) is 45.3 Å². The minimum Gasteiger partial charge on any atom is -0.325 e. The number of thiophene rings is 1. The van der Waals surface area contributed by atoms with Gasteiger partial charge in [-0.2, -0.15) is 0 Å². The molecule has 3 aromatic rings. The Balaban J connectivity index is 1.52. The highest BCUT2D eigenvalue weighted by Gasteiger charge is 2.23. The van der Waals surface area contributed by atoms with Crippen molar-refractivity contribution in [2.24, 2.45) is 5.92 Å². The van der Waals surface area contributed by atoms with Crippen LogP contribution in [0.2, 0.25) is 5.02 Å². The summed E-state index contributed by atoms with van der Waals surface area (Å²) in [6, 6.07) is 5.52. The van der Waals surface area contributed by atoms with Gasteiger partial charge in [-0.15, -0.1) is 11.3 Å². The largest absolute Gasteiger partial charge is 0.325 e. The summed E-state index contributed by atoms with van der Waals surface area (Å²) in [5.41, 5.74) is 3.02. The fourth-order valence-corrected chi connectivity index (χ4v) is 5.83. The van der Waals surface area contributed by atoms with E-state index in [2.05, 4.69) is 22.2 Å². The number of nitrogens with one attached hydrogen (secondary N) is 1. The molecule has 4 nitrogen and oxygen atoms in total. The number of carbonyl (C=O) groups excluding carboxylic acids is 1. The maximum Gasteiger partial charge on any atom is 0.234 e. The first-order valence-corrected chi connectivity index (χ1v) is 11.1. The summed E-state index contributed by atoms with van der Waals surface area (Å²) >= 11 is 9.38. The van der Waals surface area contributed by atoms with Crippen molar-refractivity contribution < 1.29 is 4.79 Å². The molecule has 0 saturated carbocycles. The van der Waals surface area contributed by atoms with Crippen LogP contribution >= 0.6 is 34.7 Å². The number of hydrogen-bond donors (Lipinski definition) is 1. The second-order valence-corrected chi connectivity index (χ2v) is 9.41. The fourth-order valence-electron chi connectivity index (χ4n) is 3.42. The van der Waals surface area contributed by atoms with Gasteiger partial charge in [-0.05, 0) is 55.4 Å². The molecule has 1 aliphatic carbocycles. The van der Waals surface area contributed by atoms with Crippen molar-refractivity contribution >= 4 is 56.5 Å². The van der Waals surface area contributed by atoms with Gasteiger partial charge >= 0.3 is 0 Å². The molecule has 0 aliphatic heterocycles. The van der Waals surface area contributed by atoms with Crippen LogP contribution in [0.1, 0.15) is 29.3 Å². The monoisotopic (exact) mass is 417 g/mol. The molecule has 2 heterocycles. The topological polar surface area (TPSA) is 54.9 Å². The molecule has 0 saturated heterocycles. The minimum atomic E-state index is -0.0603. The van der Waals surface area contributed by atoms with Crippen LogP contribution in [0.15, 0.2) is 29.6 Å². The van der Waals surface area contributed by atoms with Gasteiger partial charge < -0.3 is 5.32 Å². The molecule has 7 heteroatoms. The summed E-state index contributed by atoms with van der Waals surface area (Å²) in [4.78, 5) is 23.9. The molecule has 1 aliphatic rings. The number of rotatable bonds is 4. The van der Waals surface area contributed by atoms with Crippen LogP contribution in [0.4, 0.5) is 5.69 Å². The molecular formula is C20H20ClN3OS2. The lowest BCUT2D eigenvalue weighted by Gasteiger charge is -2.18. The van der Waals surface area contributed by atoms with Crippen molar-refractivity contribution in [3.63, 3.8) is 0 Å². The number of aryl methyl sites for hydroxylation is 1. The normalized spacial score (nSPS) is 16.3. The summed E-state index contributed by atoms with van der Waals surface area (Å²) in [5, 5.41) is 5.66. The van der Waals surface area contributed by atoms with Crippen molar-refractivity contribution in [3.05, 3.63) is 45.6 Å². The van der Waals surface area contributed by atoms with E-state index in [1.54, 1.807) is 17.7 Å². The quantitative estimate of drug-likeness (QED) is 0.449. The zero-order valence-corrected chi connectivity index (χ0v) is 17.6. The zero-order valence-electron chi connectivity index (χ0n) is 15.2. The van der Waals surface area contributed by atoms with Crippen LogP contribution in [-0.2, 0) is 17.6 Å². The molecule has 0 spiro atoms.